The van der Waals surface area contributed by atoms with Gasteiger partial charge in [-0.25, -0.2) is 0 Å². The lowest BCUT2D eigenvalue weighted by atomic mass is 9.97. The predicted octanol–water partition coefficient (Wildman–Crippen LogP) is 3.79. The number of nitrogens with two attached hydrogens (primary N) is 1. The molecule has 0 saturated heterocycles. The van der Waals surface area contributed by atoms with E-state index in [9.17, 15) is 0 Å². The molecule has 1 heterocycles. The summed E-state index contributed by atoms with van der Waals surface area (Å²) in [6.45, 7) is 2.10. The number of hydrogen-bond donors (Lipinski definition) is 1. The molecule has 0 unspecified atom stereocenters. The number of rotatable bonds is 1. The zero-order valence-corrected chi connectivity index (χ0v) is 10.2. The standard InChI is InChI=1S/C16H14N2/c1-11-8-13-10-18-7-6-15(13)16(9-11)12-2-4-14(17)5-3-12/h2-10H,17H2,1H3. The lowest BCUT2D eigenvalue weighted by molar-refractivity contribution is 1.36. The van der Waals surface area contributed by atoms with E-state index in [1.54, 1.807) is 0 Å². The first-order chi connectivity index (χ1) is 8.74. The van der Waals surface area contributed by atoms with Crippen molar-refractivity contribution >= 4 is 16.5 Å². The molecule has 0 spiro atoms. The van der Waals surface area contributed by atoms with Crippen LogP contribution in [-0.2, 0) is 0 Å². The first kappa shape index (κ1) is 10.8. The molecule has 2 N–H and O–H groups in total. The van der Waals surface area contributed by atoms with E-state index in [0.29, 0.717) is 0 Å². The molecule has 0 aliphatic heterocycles. The van der Waals surface area contributed by atoms with Gasteiger partial charge in [0.25, 0.3) is 0 Å². The second-order valence-corrected chi connectivity index (χ2v) is 4.53. The van der Waals surface area contributed by atoms with Crippen molar-refractivity contribution in [2.24, 2.45) is 0 Å². The van der Waals surface area contributed by atoms with Gasteiger partial charge in [0.15, 0.2) is 0 Å². The third-order valence-electron chi connectivity index (χ3n) is 3.12. The molecule has 18 heavy (non-hydrogen) atoms. The van der Waals surface area contributed by atoms with Crippen LogP contribution in [0.25, 0.3) is 21.9 Å². The smallest absolute Gasteiger partial charge is 0.0346 e. The summed E-state index contributed by atoms with van der Waals surface area (Å²) in [5.74, 6) is 0. The highest BCUT2D eigenvalue weighted by Crippen LogP contribution is 2.29. The van der Waals surface area contributed by atoms with E-state index in [1.807, 2.05) is 24.5 Å². The Morgan fingerprint density at radius 1 is 1.00 bits per heavy atom. The number of fused-ring (bicyclic) bond motifs is 1. The number of benzene rings is 2. The molecule has 0 bridgehead atoms. The van der Waals surface area contributed by atoms with Gasteiger partial charge < -0.3 is 5.73 Å². The molecule has 2 nitrogen and oxygen atoms in total. The van der Waals surface area contributed by atoms with E-state index < -0.39 is 0 Å². The van der Waals surface area contributed by atoms with Gasteiger partial charge in [0.05, 0.1) is 0 Å². The molecule has 0 fully saturated rings. The second-order valence-electron chi connectivity index (χ2n) is 4.53. The van der Waals surface area contributed by atoms with Gasteiger partial charge in [-0.15, -0.1) is 0 Å². The molecule has 3 aromatic rings. The molecule has 2 heteroatoms. The van der Waals surface area contributed by atoms with Gasteiger partial charge in [-0.3, -0.25) is 4.98 Å². The SMILES string of the molecule is Cc1cc(-c2ccc(N)cc2)c2ccncc2c1. The molecule has 0 atom stereocenters. The Hall–Kier alpha value is -2.35. The van der Waals surface area contributed by atoms with Crippen LogP contribution in [0, 0.1) is 6.92 Å². The Kier molecular flexibility index (Phi) is 2.49. The van der Waals surface area contributed by atoms with Crippen molar-refractivity contribution in [2.75, 3.05) is 5.73 Å². The van der Waals surface area contributed by atoms with E-state index in [2.05, 4.69) is 42.2 Å². The van der Waals surface area contributed by atoms with Crippen LogP contribution in [0.3, 0.4) is 0 Å². The highest BCUT2D eigenvalue weighted by atomic mass is 14.6. The minimum absolute atomic E-state index is 0.789. The molecular weight excluding hydrogens is 220 g/mol. The maximum Gasteiger partial charge on any atom is 0.0346 e. The van der Waals surface area contributed by atoms with E-state index in [0.717, 1.165) is 5.69 Å². The van der Waals surface area contributed by atoms with Crippen LogP contribution in [0.5, 0.6) is 0 Å². The third-order valence-corrected chi connectivity index (χ3v) is 3.12. The zero-order chi connectivity index (χ0) is 12.5. The van der Waals surface area contributed by atoms with Crippen LogP contribution < -0.4 is 5.73 Å². The quantitative estimate of drug-likeness (QED) is 0.650. The fourth-order valence-corrected chi connectivity index (χ4v) is 2.26. The number of hydrogen-bond acceptors (Lipinski definition) is 2. The largest absolute Gasteiger partial charge is 0.399 e. The summed E-state index contributed by atoms with van der Waals surface area (Å²) in [6, 6.07) is 14.4. The average Bonchev–Trinajstić information content (AvgIpc) is 2.38. The molecule has 88 valence electrons. The molecule has 2 aromatic carbocycles. The molecule has 1 aromatic heterocycles. The molecule has 0 aliphatic carbocycles. The van der Waals surface area contributed by atoms with Gasteiger partial charge in [-0.2, -0.15) is 0 Å². The number of nitrogens with zero attached hydrogens (tertiary/aromatic N) is 1. The minimum Gasteiger partial charge on any atom is -0.399 e. The van der Waals surface area contributed by atoms with Crippen LogP contribution in [0.4, 0.5) is 5.69 Å². The predicted molar refractivity (Wildman–Crippen MR) is 76.3 cm³/mol. The van der Waals surface area contributed by atoms with Crippen LogP contribution in [0.1, 0.15) is 5.56 Å². The maximum atomic E-state index is 5.74. The molecule has 0 saturated carbocycles. The van der Waals surface area contributed by atoms with E-state index >= 15 is 0 Å². The topological polar surface area (TPSA) is 38.9 Å². The van der Waals surface area contributed by atoms with E-state index in [-0.39, 0.29) is 0 Å². The van der Waals surface area contributed by atoms with E-state index in [1.165, 1.54) is 27.5 Å². The number of aryl methyl sites for hydroxylation is 1. The Morgan fingerprint density at radius 3 is 2.56 bits per heavy atom. The summed E-state index contributed by atoms with van der Waals surface area (Å²) in [5, 5.41) is 2.39. The number of anilines is 1. The Morgan fingerprint density at radius 2 is 1.78 bits per heavy atom. The molecule has 0 radical (unpaired) electrons. The summed E-state index contributed by atoms with van der Waals surface area (Å²) in [4.78, 5) is 4.18. The van der Waals surface area contributed by atoms with Crippen molar-refractivity contribution in [1.29, 1.82) is 0 Å². The van der Waals surface area contributed by atoms with Crippen molar-refractivity contribution in [3.05, 3.63) is 60.4 Å². The molecule has 0 aliphatic rings. The molecular formula is C16H14N2. The van der Waals surface area contributed by atoms with Crippen molar-refractivity contribution in [3.8, 4) is 11.1 Å². The van der Waals surface area contributed by atoms with Crippen LogP contribution in [0.15, 0.2) is 54.9 Å². The number of nitrogen functional groups attached to an aromatic ring is 1. The van der Waals surface area contributed by atoms with Crippen LogP contribution in [0.2, 0.25) is 0 Å². The first-order valence-electron chi connectivity index (χ1n) is 5.94. The molecule has 3 rings (SSSR count). The first-order valence-corrected chi connectivity index (χ1v) is 5.94. The summed E-state index contributed by atoms with van der Waals surface area (Å²) in [7, 11) is 0. The normalized spacial score (nSPS) is 10.7. The number of aromatic nitrogens is 1. The monoisotopic (exact) mass is 234 g/mol. The van der Waals surface area contributed by atoms with Crippen molar-refractivity contribution in [2.45, 2.75) is 6.92 Å². The van der Waals surface area contributed by atoms with Gasteiger partial charge in [0.2, 0.25) is 0 Å². The fraction of sp³-hybridized carbons (Fsp3) is 0.0625. The Balaban J connectivity index is 2.31. The van der Waals surface area contributed by atoms with Gasteiger partial charge in [-0.05, 0) is 53.3 Å². The Labute approximate surface area is 106 Å². The van der Waals surface area contributed by atoms with E-state index in [4.69, 9.17) is 5.73 Å². The summed E-state index contributed by atoms with van der Waals surface area (Å²) in [6.07, 6.45) is 3.74. The van der Waals surface area contributed by atoms with Crippen molar-refractivity contribution < 1.29 is 0 Å². The highest BCUT2D eigenvalue weighted by molar-refractivity contribution is 5.96. The van der Waals surface area contributed by atoms with Gasteiger partial charge >= 0.3 is 0 Å². The fourth-order valence-electron chi connectivity index (χ4n) is 2.26. The van der Waals surface area contributed by atoms with Crippen LogP contribution in [-0.4, -0.2) is 4.98 Å². The van der Waals surface area contributed by atoms with Crippen molar-refractivity contribution in [3.63, 3.8) is 0 Å². The minimum atomic E-state index is 0.789. The average molecular weight is 234 g/mol. The number of pyridine rings is 1. The molecule has 0 amide bonds. The Bertz CT molecular complexity index is 700. The highest BCUT2D eigenvalue weighted by Gasteiger charge is 2.04. The van der Waals surface area contributed by atoms with Gasteiger partial charge in [-0.1, -0.05) is 18.2 Å². The summed E-state index contributed by atoms with van der Waals surface area (Å²) < 4.78 is 0. The van der Waals surface area contributed by atoms with Gasteiger partial charge in [0.1, 0.15) is 0 Å². The zero-order valence-electron chi connectivity index (χ0n) is 10.2. The lowest BCUT2D eigenvalue weighted by Gasteiger charge is -2.08. The summed E-state index contributed by atoms with van der Waals surface area (Å²) >= 11 is 0. The van der Waals surface area contributed by atoms with Crippen LogP contribution >= 0.6 is 0 Å². The maximum absolute atomic E-state index is 5.74. The lowest BCUT2D eigenvalue weighted by Crippen LogP contribution is -1.87. The summed E-state index contributed by atoms with van der Waals surface area (Å²) in [5.41, 5.74) is 10.2. The third kappa shape index (κ3) is 1.82. The second kappa shape index (κ2) is 4.15. The van der Waals surface area contributed by atoms with Crippen molar-refractivity contribution in [1.82, 2.24) is 4.98 Å². The van der Waals surface area contributed by atoms with Gasteiger partial charge in [0, 0.05) is 23.5 Å².